The summed E-state index contributed by atoms with van der Waals surface area (Å²) in [6.45, 7) is 2.25. The van der Waals surface area contributed by atoms with Gasteiger partial charge < -0.3 is 19.9 Å². The van der Waals surface area contributed by atoms with Crippen LogP contribution in [-0.4, -0.2) is 59.9 Å². The van der Waals surface area contributed by atoms with Crippen molar-refractivity contribution in [3.05, 3.63) is 24.3 Å². The van der Waals surface area contributed by atoms with Gasteiger partial charge in [0.15, 0.2) is 6.10 Å². The smallest absolute Gasteiger partial charge is 0.322 e. The van der Waals surface area contributed by atoms with Gasteiger partial charge >= 0.3 is 6.03 Å². The Morgan fingerprint density at radius 3 is 2.52 bits per heavy atom. The van der Waals surface area contributed by atoms with E-state index in [1.54, 1.807) is 23.1 Å². The van der Waals surface area contributed by atoms with Crippen LogP contribution >= 0.6 is 0 Å². The highest BCUT2D eigenvalue weighted by atomic mass is 16.5. The highest BCUT2D eigenvalue weighted by Gasteiger charge is 2.49. The molecule has 1 aromatic rings. The third-order valence-corrected chi connectivity index (χ3v) is 5.37. The SMILES string of the molecule is CC(=O)N1C[C@H](C(=O)N2CCC3(CC2)NC(=O)NC3=O)Oc2ccccc21. The number of nitrogens with one attached hydrogen (secondary N) is 2. The third kappa shape index (κ3) is 2.88. The van der Waals surface area contributed by atoms with Crippen molar-refractivity contribution in [1.82, 2.24) is 15.5 Å². The fourth-order valence-electron chi connectivity index (χ4n) is 3.85. The summed E-state index contributed by atoms with van der Waals surface area (Å²) in [6.07, 6.45) is -0.114. The van der Waals surface area contributed by atoms with Gasteiger partial charge in [-0.25, -0.2) is 4.79 Å². The maximum Gasteiger partial charge on any atom is 0.322 e. The van der Waals surface area contributed by atoms with Gasteiger partial charge in [0, 0.05) is 20.0 Å². The van der Waals surface area contributed by atoms with Crippen LogP contribution in [0.2, 0.25) is 0 Å². The van der Waals surface area contributed by atoms with E-state index in [0.29, 0.717) is 37.4 Å². The average Bonchev–Trinajstić information content (AvgIpc) is 2.93. The van der Waals surface area contributed by atoms with Gasteiger partial charge in [-0.15, -0.1) is 0 Å². The molecule has 4 rings (SSSR count). The minimum absolute atomic E-state index is 0.143. The van der Waals surface area contributed by atoms with Crippen LogP contribution in [0.25, 0.3) is 0 Å². The zero-order chi connectivity index (χ0) is 19.2. The van der Waals surface area contributed by atoms with Gasteiger partial charge in [-0.05, 0) is 25.0 Å². The Kier molecular flexibility index (Phi) is 4.01. The standard InChI is InChI=1S/C18H20N4O5/c1-11(23)22-10-14(27-13-5-3-2-4-12(13)22)15(24)21-8-6-18(7-9-21)16(25)19-17(26)20-18/h2-5,14H,6-10H2,1H3,(H2,19,20,25,26)/t14-/m1/s1. The van der Waals surface area contributed by atoms with E-state index in [-0.39, 0.29) is 24.3 Å². The van der Waals surface area contributed by atoms with Gasteiger partial charge in [-0.2, -0.15) is 0 Å². The van der Waals surface area contributed by atoms with Crippen LogP contribution in [0.3, 0.4) is 0 Å². The molecule has 1 atom stereocenters. The van der Waals surface area contributed by atoms with E-state index >= 15 is 0 Å². The quantitative estimate of drug-likeness (QED) is 0.675. The van der Waals surface area contributed by atoms with Crippen molar-refractivity contribution >= 4 is 29.4 Å². The molecule has 5 amide bonds. The number of imide groups is 1. The highest BCUT2D eigenvalue weighted by Crippen LogP contribution is 2.34. The number of likely N-dealkylation sites (tertiary alicyclic amines) is 1. The number of urea groups is 1. The largest absolute Gasteiger partial charge is 0.476 e. The van der Waals surface area contributed by atoms with Crippen molar-refractivity contribution in [2.75, 3.05) is 24.5 Å². The van der Waals surface area contributed by atoms with E-state index in [0.717, 1.165) is 0 Å². The molecule has 2 fully saturated rings. The normalized spacial score (nSPS) is 23.4. The second-order valence-electron chi connectivity index (χ2n) is 7.02. The maximum atomic E-state index is 13.0. The summed E-state index contributed by atoms with van der Waals surface area (Å²) >= 11 is 0. The number of nitrogens with zero attached hydrogens (tertiary/aromatic N) is 2. The molecule has 0 radical (unpaired) electrons. The van der Waals surface area contributed by atoms with Crippen LogP contribution in [0, 0.1) is 0 Å². The van der Waals surface area contributed by atoms with E-state index in [1.807, 2.05) is 6.07 Å². The molecule has 9 heteroatoms. The van der Waals surface area contributed by atoms with Crippen molar-refractivity contribution in [2.45, 2.75) is 31.4 Å². The van der Waals surface area contributed by atoms with E-state index in [2.05, 4.69) is 10.6 Å². The molecule has 1 spiro atoms. The summed E-state index contributed by atoms with van der Waals surface area (Å²) in [5, 5.41) is 4.92. The van der Waals surface area contributed by atoms with Crippen molar-refractivity contribution in [2.24, 2.45) is 0 Å². The molecule has 0 bridgehead atoms. The van der Waals surface area contributed by atoms with Gasteiger partial charge in [-0.3, -0.25) is 19.7 Å². The number of piperidine rings is 1. The van der Waals surface area contributed by atoms with Crippen LogP contribution in [0.15, 0.2) is 24.3 Å². The van der Waals surface area contributed by atoms with Gasteiger partial charge in [0.05, 0.1) is 12.2 Å². The summed E-state index contributed by atoms with van der Waals surface area (Å²) < 4.78 is 5.85. The molecular weight excluding hydrogens is 352 g/mol. The first-order valence-corrected chi connectivity index (χ1v) is 8.86. The molecule has 2 N–H and O–H groups in total. The number of para-hydroxylation sites is 2. The Morgan fingerprint density at radius 1 is 1.19 bits per heavy atom. The Balaban J connectivity index is 1.47. The Labute approximate surface area is 155 Å². The van der Waals surface area contributed by atoms with E-state index in [9.17, 15) is 19.2 Å². The molecule has 27 heavy (non-hydrogen) atoms. The van der Waals surface area contributed by atoms with Gasteiger partial charge in [0.1, 0.15) is 11.3 Å². The average molecular weight is 372 g/mol. The number of benzene rings is 1. The summed E-state index contributed by atoms with van der Waals surface area (Å²) in [7, 11) is 0. The molecule has 0 saturated carbocycles. The first-order valence-electron chi connectivity index (χ1n) is 8.86. The van der Waals surface area contributed by atoms with Crippen molar-refractivity contribution in [3.8, 4) is 5.75 Å². The lowest BCUT2D eigenvalue weighted by Crippen LogP contribution is -2.59. The lowest BCUT2D eigenvalue weighted by molar-refractivity contribution is -0.142. The van der Waals surface area contributed by atoms with E-state index in [4.69, 9.17) is 4.74 Å². The van der Waals surface area contributed by atoms with E-state index in [1.165, 1.54) is 11.8 Å². The Hall–Kier alpha value is -3.10. The number of ether oxygens (including phenoxy) is 1. The number of anilines is 1. The number of hydrogen-bond acceptors (Lipinski definition) is 5. The molecule has 0 unspecified atom stereocenters. The second-order valence-corrected chi connectivity index (χ2v) is 7.02. The van der Waals surface area contributed by atoms with Gasteiger partial charge in [0.2, 0.25) is 5.91 Å². The summed E-state index contributed by atoms with van der Waals surface area (Å²) in [5.74, 6) is -0.236. The van der Waals surface area contributed by atoms with Crippen LogP contribution in [0.5, 0.6) is 5.75 Å². The molecule has 1 aromatic carbocycles. The molecule has 3 heterocycles. The molecular formula is C18H20N4O5. The fourth-order valence-corrected chi connectivity index (χ4v) is 3.85. The first-order chi connectivity index (χ1) is 12.9. The molecule has 9 nitrogen and oxygen atoms in total. The number of carbonyl (C=O) groups is 4. The van der Waals surface area contributed by atoms with Crippen LogP contribution in [0.1, 0.15) is 19.8 Å². The van der Waals surface area contributed by atoms with Crippen molar-refractivity contribution < 1.29 is 23.9 Å². The predicted molar refractivity (Wildman–Crippen MR) is 94.1 cm³/mol. The lowest BCUT2D eigenvalue weighted by atomic mass is 9.87. The minimum atomic E-state index is -0.931. The van der Waals surface area contributed by atoms with Crippen LogP contribution in [-0.2, 0) is 14.4 Å². The Bertz CT molecular complexity index is 831. The lowest BCUT2D eigenvalue weighted by Gasteiger charge is -2.40. The number of rotatable bonds is 1. The molecule has 0 aromatic heterocycles. The molecule has 142 valence electrons. The van der Waals surface area contributed by atoms with Crippen LogP contribution < -0.4 is 20.3 Å². The number of carbonyl (C=O) groups excluding carboxylic acids is 4. The minimum Gasteiger partial charge on any atom is -0.476 e. The zero-order valence-corrected chi connectivity index (χ0v) is 14.9. The second kappa shape index (κ2) is 6.26. The first kappa shape index (κ1) is 17.3. The van der Waals surface area contributed by atoms with E-state index < -0.39 is 17.7 Å². The zero-order valence-electron chi connectivity index (χ0n) is 14.9. The molecule has 0 aliphatic carbocycles. The number of amides is 5. The summed E-state index contributed by atoms with van der Waals surface area (Å²) in [4.78, 5) is 51.6. The van der Waals surface area contributed by atoms with Crippen LogP contribution in [0.4, 0.5) is 10.5 Å². The summed E-state index contributed by atoms with van der Waals surface area (Å²) in [6, 6.07) is 6.61. The van der Waals surface area contributed by atoms with Crippen molar-refractivity contribution in [3.63, 3.8) is 0 Å². The maximum absolute atomic E-state index is 13.0. The predicted octanol–water partition coefficient (Wildman–Crippen LogP) is 0.00110. The summed E-state index contributed by atoms with van der Waals surface area (Å²) in [5.41, 5.74) is -0.281. The van der Waals surface area contributed by atoms with Crippen molar-refractivity contribution in [1.29, 1.82) is 0 Å². The Morgan fingerprint density at radius 2 is 1.89 bits per heavy atom. The highest BCUT2D eigenvalue weighted by molar-refractivity contribution is 6.07. The molecule has 3 aliphatic heterocycles. The topological polar surface area (TPSA) is 108 Å². The number of hydrogen-bond donors (Lipinski definition) is 2. The third-order valence-electron chi connectivity index (χ3n) is 5.37. The monoisotopic (exact) mass is 372 g/mol. The number of fused-ring (bicyclic) bond motifs is 1. The van der Waals surface area contributed by atoms with Gasteiger partial charge in [0.25, 0.3) is 11.8 Å². The molecule has 3 aliphatic rings. The molecule has 2 saturated heterocycles. The van der Waals surface area contributed by atoms with Gasteiger partial charge in [-0.1, -0.05) is 12.1 Å². The fraction of sp³-hybridized carbons (Fsp3) is 0.444.